The molecule has 0 aliphatic heterocycles. The number of ether oxygens (including phenoxy) is 1. The summed E-state index contributed by atoms with van der Waals surface area (Å²) in [6.07, 6.45) is 0. The molecule has 0 amide bonds. The Bertz CT molecular complexity index is 569. The van der Waals surface area contributed by atoms with Crippen molar-refractivity contribution in [3.63, 3.8) is 0 Å². The third kappa shape index (κ3) is 4.97. The Morgan fingerprint density at radius 1 is 1.29 bits per heavy atom. The molecule has 1 N–H and O–H groups in total. The van der Waals surface area contributed by atoms with Crippen LogP contribution in [0, 0.1) is 0 Å². The summed E-state index contributed by atoms with van der Waals surface area (Å²) in [5, 5.41) is 13.3. The number of aromatic carboxylic acids is 1. The Morgan fingerprint density at radius 2 is 2.10 bits per heavy atom. The predicted molar refractivity (Wildman–Crippen MR) is 83.7 cm³/mol. The molecule has 1 aromatic carbocycles. The minimum absolute atomic E-state index is 0.328. The highest BCUT2D eigenvalue weighted by Gasteiger charge is 2.09. The van der Waals surface area contributed by atoms with Crippen molar-refractivity contribution in [1.29, 1.82) is 0 Å². The second-order valence-electron chi connectivity index (χ2n) is 4.84. The molecule has 0 aliphatic carbocycles. The molecule has 0 saturated carbocycles. The quantitative estimate of drug-likeness (QED) is 0.814. The van der Waals surface area contributed by atoms with E-state index in [9.17, 15) is 4.79 Å². The lowest BCUT2D eigenvalue weighted by Gasteiger charge is -2.21. The van der Waals surface area contributed by atoms with Crippen molar-refractivity contribution in [2.75, 3.05) is 20.3 Å². The fraction of sp³-hybridized carbons (Fsp3) is 0.312. The number of carboxylic acids is 1. The number of nitrogens with zero attached hydrogens (tertiary/aromatic N) is 1. The molecular formula is C16H19NO3S. The van der Waals surface area contributed by atoms with Gasteiger partial charge in [0, 0.05) is 26.7 Å². The number of methoxy groups -OCH3 is 1. The molecule has 0 bridgehead atoms. The number of hydrogen-bond donors (Lipinski definition) is 1. The maximum atomic E-state index is 11.0. The Labute approximate surface area is 128 Å². The first kappa shape index (κ1) is 15.7. The van der Waals surface area contributed by atoms with Crippen molar-refractivity contribution in [3.05, 3.63) is 57.8 Å². The van der Waals surface area contributed by atoms with Gasteiger partial charge in [-0.15, -0.1) is 0 Å². The second-order valence-corrected chi connectivity index (χ2v) is 5.62. The van der Waals surface area contributed by atoms with Gasteiger partial charge in [0.25, 0.3) is 0 Å². The van der Waals surface area contributed by atoms with Crippen LogP contribution in [0.15, 0.2) is 41.1 Å². The third-order valence-electron chi connectivity index (χ3n) is 3.18. The Morgan fingerprint density at radius 3 is 2.76 bits per heavy atom. The van der Waals surface area contributed by atoms with E-state index >= 15 is 0 Å². The molecule has 0 fully saturated rings. The SMILES string of the molecule is COCCN(Cc1ccsc1)Cc1cccc(C(=O)O)c1. The predicted octanol–water partition coefficient (Wildman–Crippen LogP) is 3.09. The topological polar surface area (TPSA) is 49.8 Å². The lowest BCUT2D eigenvalue weighted by Crippen LogP contribution is -2.26. The molecule has 0 unspecified atom stereocenters. The van der Waals surface area contributed by atoms with Crippen LogP contribution in [0.5, 0.6) is 0 Å². The first-order valence-corrected chi connectivity index (χ1v) is 7.68. The van der Waals surface area contributed by atoms with Crippen LogP contribution in [0.4, 0.5) is 0 Å². The molecular weight excluding hydrogens is 286 g/mol. The summed E-state index contributed by atoms with van der Waals surface area (Å²) in [5.74, 6) is -0.891. The van der Waals surface area contributed by atoms with Gasteiger partial charge < -0.3 is 9.84 Å². The van der Waals surface area contributed by atoms with Gasteiger partial charge in [-0.25, -0.2) is 4.79 Å². The van der Waals surface area contributed by atoms with Crippen molar-refractivity contribution < 1.29 is 14.6 Å². The second kappa shape index (κ2) is 7.93. The lowest BCUT2D eigenvalue weighted by atomic mass is 10.1. The van der Waals surface area contributed by atoms with Gasteiger partial charge in [0.15, 0.2) is 0 Å². The molecule has 0 spiro atoms. The van der Waals surface area contributed by atoms with E-state index in [4.69, 9.17) is 9.84 Å². The summed E-state index contributed by atoms with van der Waals surface area (Å²) in [6.45, 7) is 3.01. The van der Waals surface area contributed by atoms with E-state index in [1.165, 1.54) is 5.56 Å². The lowest BCUT2D eigenvalue weighted by molar-refractivity contribution is 0.0696. The zero-order valence-electron chi connectivity index (χ0n) is 12.0. The van der Waals surface area contributed by atoms with Crippen molar-refractivity contribution in [1.82, 2.24) is 4.90 Å². The molecule has 0 saturated heterocycles. The number of thiophene rings is 1. The highest BCUT2D eigenvalue weighted by atomic mass is 32.1. The molecule has 0 atom stereocenters. The molecule has 4 nitrogen and oxygen atoms in total. The van der Waals surface area contributed by atoms with Crippen LogP contribution in [-0.4, -0.2) is 36.2 Å². The molecule has 112 valence electrons. The smallest absolute Gasteiger partial charge is 0.335 e. The van der Waals surface area contributed by atoms with Gasteiger partial charge in [-0.3, -0.25) is 4.90 Å². The van der Waals surface area contributed by atoms with Crippen molar-refractivity contribution >= 4 is 17.3 Å². The van der Waals surface area contributed by atoms with Gasteiger partial charge in [0.05, 0.1) is 12.2 Å². The van der Waals surface area contributed by atoms with Gasteiger partial charge in [-0.05, 0) is 40.1 Å². The first-order valence-electron chi connectivity index (χ1n) is 6.73. The molecule has 1 heterocycles. The summed E-state index contributed by atoms with van der Waals surface area (Å²) < 4.78 is 5.16. The standard InChI is InChI=1S/C16H19NO3S/c1-20-7-6-17(11-14-5-8-21-12-14)10-13-3-2-4-15(9-13)16(18)19/h2-5,8-9,12H,6-7,10-11H2,1H3,(H,18,19). The van der Waals surface area contributed by atoms with Crippen molar-refractivity contribution in [2.45, 2.75) is 13.1 Å². The van der Waals surface area contributed by atoms with Gasteiger partial charge >= 0.3 is 5.97 Å². The van der Waals surface area contributed by atoms with Gasteiger partial charge in [0.1, 0.15) is 0 Å². The third-order valence-corrected chi connectivity index (χ3v) is 3.91. The fourth-order valence-corrected chi connectivity index (χ4v) is 2.80. The zero-order chi connectivity index (χ0) is 15.1. The highest BCUT2D eigenvalue weighted by Crippen LogP contribution is 2.13. The van der Waals surface area contributed by atoms with Crippen LogP contribution in [0.2, 0.25) is 0 Å². The number of benzene rings is 1. The number of carbonyl (C=O) groups is 1. The Kier molecular flexibility index (Phi) is 5.92. The van der Waals surface area contributed by atoms with E-state index in [0.29, 0.717) is 18.7 Å². The van der Waals surface area contributed by atoms with E-state index in [1.807, 2.05) is 6.07 Å². The van der Waals surface area contributed by atoms with Gasteiger partial charge in [0.2, 0.25) is 0 Å². The summed E-state index contributed by atoms with van der Waals surface area (Å²) in [6, 6.07) is 9.20. The highest BCUT2D eigenvalue weighted by molar-refractivity contribution is 7.07. The van der Waals surface area contributed by atoms with E-state index in [2.05, 4.69) is 21.7 Å². The maximum absolute atomic E-state index is 11.0. The number of rotatable bonds is 8. The Hall–Kier alpha value is -1.69. The average molecular weight is 305 g/mol. The summed E-state index contributed by atoms with van der Waals surface area (Å²) in [4.78, 5) is 13.3. The Balaban J connectivity index is 2.06. The monoisotopic (exact) mass is 305 g/mol. The minimum Gasteiger partial charge on any atom is -0.478 e. The normalized spacial score (nSPS) is 11.0. The molecule has 5 heteroatoms. The van der Waals surface area contributed by atoms with E-state index < -0.39 is 5.97 Å². The fourth-order valence-electron chi connectivity index (χ4n) is 2.14. The van der Waals surface area contributed by atoms with Gasteiger partial charge in [-0.1, -0.05) is 12.1 Å². The van der Waals surface area contributed by atoms with Crippen LogP contribution < -0.4 is 0 Å². The average Bonchev–Trinajstić information content (AvgIpc) is 2.98. The number of carboxylic acid groups (broad SMARTS) is 1. The zero-order valence-corrected chi connectivity index (χ0v) is 12.8. The first-order chi connectivity index (χ1) is 10.2. The molecule has 0 radical (unpaired) electrons. The van der Waals surface area contributed by atoms with Crippen LogP contribution in [0.3, 0.4) is 0 Å². The minimum atomic E-state index is -0.891. The molecule has 0 aliphatic rings. The maximum Gasteiger partial charge on any atom is 0.335 e. The summed E-state index contributed by atoms with van der Waals surface area (Å²) >= 11 is 1.68. The molecule has 21 heavy (non-hydrogen) atoms. The molecule has 1 aromatic heterocycles. The van der Waals surface area contributed by atoms with E-state index in [1.54, 1.807) is 36.6 Å². The van der Waals surface area contributed by atoms with Crippen LogP contribution in [0.25, 0.3) is 0 Å². The van der Waals surface area contributed by atoms with Crippen LogP contribution in [-0.2, 0) is 17.8 Å². The van der Waals surface area contributed by atoms with Crippen LogP contribution in [0.1, 0.15) is 21.5 Å². The summed E-state index contributed by atoms with van der Waals surface area (Å²) in [7, 11) is 1.69. The summed E-state index contributed by atoms with van der Waals surface area (Å²) in [5.41, 5.74) is 2.60. The van der Waals surface area contributed by atoms with E-state index in [0.717, 1.165) is 18.7 Å². The van der Waals surface area contributed by atoms with Crippen molar-refractivity contribution in [3.8, 4) is 0 Å². The largest absolute Gasteiger partial charge is 0.478 e. The molecule has 2 aromatic rings. The molecule has 2 rings (SSSR count). The van der Waals surface area contributed by atoms with E-state index in [-0.39, 0.29) is 0 Å². The van der Waals surface area contributed by atoms with Gasteiger partial charge in [-0.2, -0.15) is 11.3 Å². The van der Waals surface area contributed by atoms with Crippen molar-refractivity contribution in [2.24, 2.45) is 0 Å². The van der Waals surface area contributed by atoms with Crippen LogP contribution >= 0.6 is 11.3 Å². The number of hydrogen-bond acceptors (Lipinski definition) is 4.